The van der Waals surface area contributed by atoms with Gasteiger partial charge in [-0.05, 0) is 6.92 Å². The van der Waals surface area contributed by atoms with Gasteiger partial charge in [0.15, 0.2) is 5.78 Å². The number of ketones is 1. The molecule has 0 heterocycles. The minimum absolute atomic E-state index is 0.140. The molecular formula is C8H10OSi. The summed E-state index contributed by atoms with van der Waals surface area (Å²) < 4.78 is 0. The molecule has 0 aromatic heterocycles. The van der Waals surface area contributed by atoms with Crippen LogP contribution in [0.2, 0.25) is 0 Å². The van der Waals surface area contributed by atoms with E-state index >= 15 is 0 Å². The van der Waals surface area contributed by atoms with E-state index in [1.54, 1.807) is 6.92 Å². The van der Waals surface area contributed by atoms with E-state index in [0.717, 1.165) is 15.8 Å². The number of benzene rings is 1. The Kier molecular flexibility index (Phi) is 2.02. The zero-order chi connectivity index (χ0) is 7.56. The molecule has 1 aromatic rings. The van der Waals surface area contributed by atoms with Crippen LogP contribution >= 0.6 is 0 Å². The molecule has 10 heavy (non-hydrogen) atoms. The SMILES string of the molecule is CC(=O)c1ccc([SiH3])cc1. The largest absolute Gasteiger partial charge is 0.295 e. The molecule has 0 fully saturated rings. The van der Waals surface area contributed by atoms with E-state index in [1.807, 2.05) is 24.3 Å². The van der Waals surface area contributed by atoms with Crippen LogP contribution in [0.25, 0.3) is 0 Å². The molecule has 0 atom stereocenters. The van der Waals surface area contributed by atoms with Crippen molar-refractivity contribution < 1.29 is 4.79 Å². The van der Waals surface area contributed by atoms with E-state index in [0.29, 0.717) is 0 Å². The summed E-state index contributed by atoms with van der Waals surface area (Å²) in [5.74, 6) is 0.140. The fraction of sp³-hybridized carbons (Fsp3) is 0.125. The fourth-order valence-corrected chi connectivity index (χ4v) is 1.12. The molecule has 0 aliphatic heterocycles. The number of carbonyl (C=O) groups excluding carboxylic acids is 1. The first-order valence-corrected chi connectivity index (χ1v) is 4.28. The highest BCUT2D eigenvalue weighted by Crippen LogP contribution is 1.96. The lowest BCUT2D eigenvalue weighted by Gasteiger charge is -1.94. The first kappa shape index (κ1) is 7.22. The lowest BCUT2D eigenvalue weighted by molar-refractivity contribution is 0.101. The molecule has 0 saturated carbocycles. The summed E-state index contributed by atoms with van der Waals surface area (Å²) in [5, 5.41) is 1.32. The third kappa shape index (κ3) is 1.54. The predicted molar refractivity (Wildman–Crippen MR) is 46.0 cm³/mol. The van der Waals surface area contributed by atoms with Crippen molar-refractivity contribution in [3.63, 3.8) is 0 Å². The van der Waals surface area contributed by atoms with Crippen LogP contribution in [0.4, 0.5) is 0 Å². The molecule has 1 aromatic carbocycles. The van der Waals surface area contributed by atoms with E-state index in [1.165, 1.54) is 5.19 Å². The summed E-state index contributed by atoms with van der Waals surface area (Å²) in [7, 11) is 1.06. The Morgan fingerprint density at radius 3 is 2.20 bits per heavy atom. The van der Waals surface area contributed by atoms with Crippen molar-refractivity contribution in [2.45, 2.75) is 6.92 Å². The Morgan fingerprint density at radius 1 is 1.30 bits per heavy atom. The number of Topliss-reactive ketones (excluding diaryl/α,β-unsaturated/α-hetero) is 1. The van der Waals surface area contributed by atoms with Crippen molar-refractivity contribution in [1.82, 2.24) is 0 Å². The average molecular weight is 150 g/mol. The third-order valence-electron chi connectivity index (χ3n) is 1.46. The van der Waals surface area contributed by atoms with Gasteiger partial charge in [0.1, 0.15) is 0 Å². The van der Waals surface area contributed by atoms with Gasteiger partial charge in [-0.15, -0.1) is 0 Å². The molecular weight excluding hydrogens is 140 g/mol. The second-order valence-electron chi connectivity index (χ2n) is 2.42. The molecule has 1 nitrogen and oxygen atoms in total. The number of hydrogen-bond acceptors (Lipinski definition) is 1. The molecule has 2 heteroatoms. The van der Waals surface area contributed by atoms with E-state index < -0.39 is 0 Å². The Bertz CT molecular complexity index is 238. The Hall–Kier alpha value is -0.893. The van der Waals surface area contributed by atoms with Crippen molar-refractivity contribution in [3.05, 3.63) is 29.8 Å². The highest BCUT2D eigenvalue weighted by atomic mass is 28.1. The molecule has 0 aliphatic carbocycles. The van der Waals surface area contributed by atoms with Crippen molar-refractivity contribution in [1.29, 1.82) is 0 Å². The zero-order valence-electron chi connectivity index (χ0n) is 6.22. The summed E-state index contributed by atoms with van der Waals surface area (Å²) in [6, 6.07) is 7.77. The molecule has 0 radical (unpaired) electrons. The van der Waals surface area contributed by atoms with Crippen molar-refractivity contribution in [2.24, 2.45) is 0 Å². The van der Waals surface area contributed by atoms with E-state index in [-0.39, 0.29) is 5.78 Å². The van der Waals surface area contributed by atoms with Gasteiger partial charge >= 0.3 is 0 Å². The van der Waals surface area contributed by atoms with Crippen LogP contribution in [0, 0.1) is 0 Å². The first-order chi connectivity index (χ1) is 4.70. The van der Waals surface area contributed by atoms with E-state index in [4.69, 9.17) is 0 Å². The Labute approximate surface area is 63.5 Å². The quantitative estimate of drug-likeness (QED) is 0.403. The topological polar surface area (TPSA) is 17.1 Å². The first-order valence-electron chi connectivity index (χ1n) is 3.28. The van der Waals surface area contributed by atoms with Gasteiger partial charge in [0.25, 0.3) is 0 Å². The summed E-state index contributed by atoms with van der Waals surface area (Å²) >= 11 is 0. The summed E-state index contributed by atoms with van der Waals surface area (Å²) in [5.41, 5.74) is 0.805. The Morgan fingerprint density at radius 2 is 1.80 bits per heavy atom. The number of hydrogen-bond donors (Lipinski definition) is 0. The van der Waals surface area contributed by atoms with Crippen LogP contribution in [0.5, 0.6) is 0 Å². The molecule has 1 rings (SSSR count). The highest BCUT2D eigenvalue weighted by molar-refractivity contribution is 6.32. The van der Waals surface area contributed by atoms with Crippen LogP contribution in [-0.4, -0.2) is 16.0 Å². The van der Waals surface area contributed by atoms with Gasteiger partial charge < -0.3 is 0 Å². The highest BCUT2D eigenvalue weighted by Gasteiger charge is 1.94. The standard InChI is InChI=1S/C8H10OSi/c1-6(9)7-2-4-8(10)5-3-7/h2-5H,1,10H3. The lowest BCUT2D eigenvalue weighted by Crippen LogP contribution is -2.02. The van der Waals surface area contributed by atoms with Gasteiger partial charge in [0.2, 0.25) is 0 Å². The van der Waals surface area contributed by atoms with Crippen LogP contribution in [0.1, 0.15) is 17.3 Å². The van der Waals surface area contributed by atoms with Crippen molar-refractivity contribution in [3.8, 4) is 0 Å². The maximum atomic E-state index is 10.8. The van der Waals surface area contributed by atoms with Gasteiger partial charge in [-0.3, -0.25) is 4.79 Å². The second kappa shape index (κ2) is 2.79. The van der Waals surface area contributed by atoms with Gasteiger partial charge in [-0.2, -0.15) is 0 Å². The van der Waals surface area contributed by atoms with Crippen LogP contribution in [0.3, 0.4) is 0 Å². The maximum Gasteiger partial charge on any atom is 0.159 e. The number of rotatable bonds is 1. The average Bonchev–Trinajstić information content (AvgIpc) is 1.88. The predicted octanol–water partition coefficient (Wildman–Crippen LogP) is -0.120. The fourth-order valence-electron chi connectivity index (χ4n) is 0.788. The number of carbonyl (C=O) groups is 1. The second-order valence-corrected chi connectivity index (χ2v) is 3.58. The lowest BCUT2D eigenvalue weighted by atomic mass is 10.2. The monoisotopic (exact) mass is 150 g/mol. The van der Waals surface area contributed by atoms with Gasteiger partial charge in [0, 0.05) is 15.8 Å². The molecule has 0 N–H and O–H groups in total. The van der Waals surface area contributed by atoms with E-state index in [2.05, 4.69) is 0 Å². The van der Waals surface area contributed by atoms with Crippen LogP contribution < -0.4 is 5.19 Å². The van der Waals surface area contributed by atoms with E-state index in [9.17, 15) is 4.79 Å². The molecule has 0 saturated heterocycles. The summed E-state index contributed by atoms with van der Waals surface area (Å²) in [4.78, 5) is 10.8. The Balaban J connectivity index is 3.00. The van der Waals surface area contributed by atoms with Crippen molar-refractivity contribution >= 4 is 21.2 Å². The smallest absolute Gasteiger partial charge is 0.159 e. The molecule has 0 unspecified atom stereocenters. The summed E-state index contributed by atoms with van der Waals surface area (Å²) in [6.07, 6.45) is 0. The maximum absolute atomic E-state index is 10.8. The van der Waals surface area contributed by atoms with Gasteiger partial charge in [0.05, 0.1) is 0 Å². The molecule has 52 valence electrons. The van der Waals surface area contributed by atoms with Gasteiger partial charge in [-0.25, -0.2) is 0 Å². The van der Waals surface area contributed by atoms with Crippen molar-refractivity contribution in [2.75, 3.05) is 0 Å². The van der Waals surface area contributed by atoms with Gasteiger partial charge in [-0.1, -0.05) is 29.5 Å². The normalized spacial score (nSPS) is 9.70. The zero-order valence-corrected chi connectivity index (χ0v) is 8.22. The van der Waals surface area contributed by atoms with Crippen LogP contribution in [0.15, 0.2) is 24.3 Å². The minimum Gasteiger partial charge on any atom is -0.295 e. The minimum atomic E-state index is 0.140. The third-order valence-corrected chi connectivity index (χ3v) is 2.12. The molecule has 0 bridgehead atoms. The molecule has 0 spiro atoms. The van der Waals surface area contributed by atoms with Crippen LogP contribution in [-0.2, 0) is 0 Å². The summed E-state index contributed by atoms with van der Waals surface area (Å²) in [6.45, 7) is 1.59. The molecule has 0 aliphatic rings. The molecule has 0 amide bonds.